The first kappa shape index (κ1) is 15.5. The molecule has 2 aromatic carbocycles. The quantitative estimate of drug-likeness (QED) is 0.830. The smallest absolute Gasteiger partial charge is 0.294 e. The van der Waals surface area contributed by atoms with Gasteiger partial charge in [0.25, 0.3) is 10.1 Å². The number of ether oxygens (including phenoxy) is 1. The molecule has 0 unspecified atom stereocenters. The lowest BCUT2D eigenvalue weighted by molar-refractivity contribution is 0.306. The summed E-state index contributed by atoms with van der Waals surface area (Å²) < 4.78 is 36.3. The van der Waals surface area contributed by atoms with Crippen LogP contribution in [0.25, 0.3) is 0 Å². The van der Waals surface area contributed by atoms with Gasteiger partial charge in [0.2, 0.25) is 0 Å². The highest BCUT2D eigenvalue weighted by Gasteiger charge is 2.08. The summed E-state index contributed by atoms with van der Waals surface area (Å²) >= 11 is 0. The van der Waals surface area contributed by atoms with Gasteiger partial charge in [0.05, 0.1) is 4.90 Å². The SMILES string of the molecule is CCCc1ccc(COc2ccc(S(=O)(=O)O)cc2)cc1. The summed E-state index contributed by atoms with van der Waals surface area (Å²) in [7, 11) is -4.15. The first-order valence-corrected chi connectivity index (χ1v) is 8.21. The molecule has 0 amide bonds. The van der Waals surface area contributed by atoms with Crippen LogP contribution < -0.4 is 4.74 Å². The standard InChI is InChI=1S/C16H18O4S/c1-2-3-13-4-6-14(7-5-13)12-20-15-8-10-16(11-9-15)21(17,18)19/h4-11H,2-3,12H2,1H3,(H,17,18,19). The van der Waals surface area contributed by atoms with E-state index in [0.29, 0.717) is 12.4 Å². The Morgan fingerprint density at radius 2 is 1.52 bits per heavy atom. The van der Waals surface area contributed by atoms with Gasteiger partial charge in [0.15, 0.2) is 0 Å². The molecule has 0 saturated heterocycles. The normalized spacial score (nSPS) is 11.3. The maximum atomic E-state index is 10.9. The van der Waals surface area contributed by atoms with Crippen molar-refractivity contribution in [2.24, 2.45) is 0 Å². The monoisotopic (exact) mass is 306 g/mol. The fourth-order valence-corrected chi connectivity index (χ4v) is 2.45. The van der Waals surface area contributed by atoms with Gasteiger partial charge >= 0.3 is 0 Å². The lowest BCUT2D eigenvalue weighted by atomic mass is 10.1. The molecular weight excluding hydrogens is 288 g/mol. The van der Waals surface area contributed by atoms with Gasteiger partial charge in [0, 0.05) is 0 Å². The Morgan fingerprint density at radius 1 is 0.952 bits per heavy atom. The minimum atomic E-state index is -4.15. The second-order valence-electron chi connectivity index (χ2n) is 4.80. The van der Waals surface area contributed by atoms with Crippen LogP contribution in [0.2, 0.25) is 0 Å². The van der Waals surface area contributed by atoms with Crippen LogP contribution in [-0.4, -0.2) is 13.0 Å². The lowest BCUT2D eigenvalue weighted by Crippen LogP contribution is -1.99. The average molecular weight is 306 g/mol. The van der Waals surface area contributed by atoms with Crippen LogP contribution in [0, 0.1) is 0 Å². The molecular formula is C16H18O4S. The van der Waals surface area contributed by atoms with Crippen LogP contribution in [0.3, 0.4) is 0 Å². The summed E-state index contributed by atoms with van der Waals surface area (Å²) in [5, 5.41) is 0. The van der Waals surface area contributed by atoms with E-state index in [1.54, 1.807) is 0 Å². The zero-order valence-electron chi connectivity index (χ0n) is 11.8. The van der Waals surface area contributed by atoms with E-state index in [1.807, 2.05) is 12.1 Å². The minimum Gasteiger partial charge on any atom is -0.489 e. The topological polar surface area (TPSA) is 63.6 Å². The number of aryl methyl sites for hydroxylation is 1. The van der Waals surface area contributed by atoms with Gasteiger partial charge in [-0.15, -0.1) is 0 Å². The fraction of sp³-hybridized carbons (Fsp3) is 0.250. The zero-order chi connectivity index (χ0) is 15.3. The van der Waals surface area contributed by atoms with Crippen LogP contribution in [0.1, 0.15) is 24.5 Å². The summed E-state index contributed by atoms with van der Waals surface area (Å²) in [6.07, 6.45) is 2.19. The Balaban J connectivity index is 1.96. The Labute approximate surface area is 125 Å². The van der Waals surface area contributed by atoms with E-state index in [2.05, 4.69) is 19.1 Å². The number of hydrogen-bond acceptors (Lipinski definition) is 3. The second kappa shape index (κ2) is 6.74. The summed E-state index contributed by atoms with van der Waals surface area (Å²) in [6.45, 7) is 2.56. The van der Waals surface area contributed by atoms with Crippen molar-refractivity contribution in [3.8, 4) is 5.75 Å². The predicted molar refractivity (Wildman–Crippen MR) is 81.0 cm³/mol. The molecule has 0 atom stereocenters. The Bertz CT molecular complexity index is 673. The number of hydrogen-bond donors (Lipinski definition) is 1. The van der Waals surface area contributed by atoms with Crippen molar-refractivity contribution < 1.29 is 17.7 Å². The van der Waals surface area contributed by atoms with Gasteiger partial charge in [-0.05, 0) is 41.8 Å². The molecule has 0 aliphatic carbocycles. The summed E-state index contributed by atoms with van der Waals surface area (Å²) in [5.41, 5.74) is 2.35. The molecule has 0 heterocycles. The van der Waals surface area contributed by atoms with E-state index in [4.69, 9.17) is 9.29 Å². The van der Waals surface area contributed by atoms with Crippen molar-refractivity contribution in [1.29, 1.82) is 0 Å². The first-order chi connectivity index (χ1) is 9.99. The number of rotatable bonds is 6. The highest BCUT2D eigenvalue weighted by Crippen LogP contribution is 2.17. The van der Waals surface area contributed by atoms with E-state index in [9.17, 15) is 8.42 Å². The van der Waals surface area contributed by atoms with E-state index in [0.717, 1.165) is 18.4 Å². The molecule has 1 N–H and O–H groups in total. The molecule has 112 valence electrons. The third-order valence-corrected chi connectivity index (χ3v) is 3.96. The van der Waals surface area contributed by atoms with Gasteiger partial charge in [-0.2, -0.15) is 8.42 Å². The summed E-state index contributed by atoms with van der Waals surface area (Å²) in [5.74, 6) is 0.556. The second-order valence-corrected chi connectivity index (χ2v) is 6.22. The molecule has 2 rings (SSSR count). The average Bonchev–Trinajstić information content (AvgIpc) is 2.46. The van der Waals surface area contributed by atoms with Crippen LogP contribution in [0.15, 0.2) is 53.4 Å². The Morgan fingerprint density at radius 3 is 2.05 bits per heavy atom. The van der Waals surface area contributed by atoms with Crippen molar-refractivity contribution in [2.45, 2.75) is 31.3 Å². The Kier molecular flexibility index (Phi) is 4.98. The molecule has 0 radical (unpaired) electrons. The van der Waals surface area contributed by atoms with Gasteiger partial charge < -0.3 is 4.74 Å². The molecule has 0 bridgehead atoms. The molecule has 4 nitrogen and oxygen atoms in total. The Hall–Kier alpha value is -1.85. The van der Waals surface area contributed by atoms with Crippen LogP contribution >= 0.6 is 0 Å². The molecule has 0 aliphatic rings. The minimum absolute atomic E-state index is 0.140. The van der Waals surface area contributed by atoms with Gasteiger partial charge in [-0.1, -0.05) is 37.6 Å². The maximum Gasteiger partial charge on any atom is 0.294 e. The van der Waals surface area contributed by atoms with Crippen molar-refractivity contribution in [1.82, 2.24) is 0 Å². The molecule has 2 aromatic rings. The predicted octanol–water partition coefficient (Wildman–Crippen LogP) is 3.46. The molecule has 0 fully saturated rings. The fourth-order valence-electron chi connectivity index (χ4n) is 1.97. The maximum absolute atomic E-state index is 10.9. The van der Waals surface area contributed by atoms with E-state index >= 15 is 0 Å². The van der Waals surface area contributed by atoms with Crippen molar-refractivity contribution in [2.75, 3.05) is 0 Å². The largest absolute Gasteiger partial charge is 0.489 e. The molecule has 5 heteroatoms. The van der Waals surface area contributed by atoms with Crippen molar-refractivity contribution in [3.63, 3.8) is 0 Å². The molecule has 0 spiro atoms. The van der Waals surface area contributed by atoms with Crippen molar-refractivity contribution >= 4 is 10.1 Å². The lowest BCUT2D eigenvalue weighted by Gasteiger charge is -2.07. The van der Waals surface area contributed by atoms with E-state index < -0.39 is 10.1 Å². The summed E-state index contributed by atoms with van der Waals surface area (Å²) in [4.78, 5) is -0.140. The van der Waals surface area contributed by atoms with Crippen LogP contribution in [-0.2, 0) is 23.1 Å². The summed E-state index contributed by atoms with van der Waals surface area (Å²) in [6, 6.07) is 13.9. The van der Waals surface area contributed by atoms with E-state index in [1.165, 1.54) is 29.8 Å². The van der Waals surface area contributed by atoms with Crippen LogP contribution in [0.4, 0.5) is 0 Å². The molecule has 0 saturated carbocycles. The molecule has 0 aromatic heterocycles. The van der Waals surface area contributed by atoms with Crippen LogP contribution in [0.5, 0.6) is 5.75 Å². The third kappa shape index (κ3) is 4.58. The zero-order valence-corrected chi connectivity index (χ0v) is 12.6. The van der Waals surface area contributed by atoms with E-state index in [-0.39, 0.29) is 4.90 Å². The third-order valence-electron chi connectivity index (χ3n) is 3.09. The highest BCUT2D eigenvalue weighted by atomic mass is 32.2. The highest BCUT2D eigenvalue weighted by molar-refractivity contribution is 7.85. The van der Waals surface area contributed by atoms with Gasteiger partial charge in [-0.25, -0.2) is 0 Å². The van der Waals surface area contributed by atoms with Crippen molar-refractivity contribution in [3.05, 3.63) is 59.7 Å². The molecule has 21 heavy (non-hydrogen) atoms. The first-order valence-electron chi connectivity index (χ1n) is 6.77. The van der Waals surface area contributed by atoms with Gasteiger partial charge in [-0.3, -0.25) is 4.55 Å². The number of benzene rings is 2. The molecule has 0 aliphatic heterocycles. The van der Waals surface area contributed by atoms with Gasteiger partial charge in [0.1, 0.15) is 12.4 Å².